The Morgan fingerprint density at radius 2 is 0.720 bits per heavy atom. The van der Waals surface area contributed by atoms with E-state index in [0.29, 0.717) is 0 Å². The molecule has 0 fully saturated rings. The van der Waals surface area contributed by atoms with Crippen LogP contribution in [0.15, 0.2) is 194 Å². The Hall–Kier alpha value is -6.64. The first kappa shape index (κ1) is 28.4. The minimum Gasteiger partial charge on any atom is -0.309 e. The van der Waals surface area contributed by atoms with Crippen LogP contribution in [0.2, 0.25) is 0 Å². The second-order valence-corrected chi connectivity index (χ2v) is 13.0. The lowest BCUT2D eigenvalue weighted by Gasteiger charge is -2.12. The predicted octanol–water partition coefficient (Wildman–Crippen LogP) is 12.9. The summed E-state index contributed by atoms with van der Waals surface area (Å²) in [6.07, 6.45) is 0. The molecule has 0 radical (unpaired) electrons. The van der Waals surface area contributed by atoms with Crippen LogP contribution in [0.3, 0.4) is 0 Å². The van der Waals surface area contributed by atoms with Crippen molar-refractivity contribution in [2.24, 2.45) is 0 Å². The van der Waals surface area contributed by atoms with Gasteiger partial charge in [0.25, 0.3) is 0 Å². The van der Waals surface area contributed by atoms with Gasteiger partial charge in [0.05, 0.1) is 22.1 Å². The fourth-order valence-electron chi connectivity index (χ4n) is 7.82. The van der Waals surface area contributed by atoms with Crippen molar-refractivity contribution in [2.45, 2.75) is 0 Å². The molecule has 10 aromatic rings. The summed E-state index contributed by atoms with van der Waals surface area (Å²) in [6.45, 7) is 0. The topological polar surface area (TPSA) is 9.86 Å². The number of fused-ring (bicyclic) bond motifs is 7. The zero-order chi connectivity index (χ0) is 33.0. The maximum Gasteiger partial charge on any atom is 0.0641 e. The van der Waals surface area contributed by atoms with Crippen molar-refractivity contribution in [2.75, 3.05) is 0 Å². The SMILES string of the molecule is c1ccc(-c2ccc(-c3cccc(-n4c5ccccc5c5ccc6c(c7ccccc7n6-c6cccc(-c7ccccc7)c6)c54)c3)cc2)cc1. The van der Waals surface area contributed by atoms with Crippen molar-refractivity contribution < 1.29 is 0 Å². The molecule has 0 aliphatic heterocycles. The van der Waals surface area contributed by atoms with Gasteiger partial charge in [0, 0.05) is 32.9 Å². The van der Waals surface area contributed by atoms with Crippen molar-refractivity contribution in [3.8, 4) is 44.8 Å². The van der Waals surface area contributed by atoms with Crippen LogP contribution < -0.4 is 0 Å². The normalized spacial score (nSPS) is 11.6. The molecule has 10 rings (SSSR count). The van der Waals surface area contributed by atoms with E-state index >= 15 is 0 Å². The number of hydrogen-bond donors (Lipinski definition) is 0. The third-order valence-corrected chi connectivity index (χ3v) is 10.1. The summed E-state index contributed by atoms with van der Waals surface area (Å²) in [5.74, 6) is 0. The lowest BCUT2D eigenvalue weighted by molar-refractivity contribution is 1.17. The van der Waals surface area contributed by atoms with Gasteiger partial charge in [-0.1, -0.05) is 152 Å². The zero-order valence-corrected chi connectivity index (χ0v) is 27.4. The third kappa shape index (κ3) is 4.50. The van der Waals surface area contributed by atoms with E-state index < -0.39 is 0 Å². The Morgan fingerprint density at radius 3 is 1.36 bits per heavy atom. The highest BCUT2D eigenvalue weighted by Crippen LogP contribution is 2.42. The summed E-state index contributed by atoms with van der Waals surface area (Å²) in [5.41, 5.74) is 14.4. The standard InChI is InChI=1S/C48H32N2/c1-3-13-33(14-4-1)35-25-27-36(28-26-35)38-18-12-20-40(32-38)50-44-23-9-7-21-41(44)42-29-30-46-47(48(42)50)43-22-8-10-24-45(43)49(46)39-19-11-17-37(31-39)34-15-5-2-6-16-34/h1-32H. The molecule has 0 bridgehead atoms. The number of hydrogen-bond acceptors (Lipinski definition) is 0. The van der Waals surface area contributed by atoms with Crippen LogP contribution in [-0.4, -0.2) is 9.13 Å². The quantitative estimate of drug-likeness (QED) is 0.178. The second-order valence-electron chi connectivity index (χ2n) is 13.0. The first-order valence-corrected chi connectivity index (χ1v) is 17.2. The number of nitrogens with zero attached hydrogens (tertiary/aromatic N) is 2. The van der Waals surface area contributed by atoms with E-state index in [1.54, 1.807) is 0 Å². The lowest BCUT2D eigenvalue weighted by atomic mass is 10.00. The monoisotopic (exact) mass is 636 g/mol. The minimum absolute atomic E-state index is 1.15. The van der Waals surface area contributed by atoms with Crippen molar-refractivity contribution in [1.29, 1.82) is 0 Å². The first-order valence-electron chi connectivity index (χ1n) is 17.2. The molecule has 2 heterocycles. The molecule has 0 atom stereocenters. The van der Waals surface area contributed by atoms with Crippen LogP contribution in [0.5, 0.6) is 0 Å². The van der Waals surface area contributed by atoms with Crippen molar-refractivity contribution in [1.82, 2.24) is 9.13 Å². The minimum atomic E-state index is 1.15. The summed E-state index contributed by atoms with van der Waals surface area (Å²) in [7, 11) is 0. The van der Waals surface area contributed by atoms with E-state index in [-0.39, 0.29) is 0 Å². The summed E-state index contributed by atoms with van der Waals surface area (Å²) >= 11 is 0. The van der Waals surface area contributed by atoms with E-state index in [0.717, 1.165) is 11.4 Å². The number of benzene rings is 8. The van der Waals surface area contributed by atoms with Crippen LogP contribution in [0.4, 0.5) is 0 Å². The Balaban J connectivity index is 1.21. The third-order valence-electron chi connectivity index (χ3n) is 10.1. The van der Waals surface area contributed by atoms with Gasteiger partial charge in [0.15, 0.2) is 0 Å². The van der Waals surface area contributed by atoms with E-state index in [4.69, 9.17) is 0 Å². The highest BCUT2D eigenvalue weighted by atomic mass is 15.0. The molecule has 0 aliphatic carbocycles. The van der Waals surface area contributed by atoms with Gasteiger partial charge in [0.2, 0.25) is 0 Å². The largest absolute Gasteiger partial charge is 0.309 e. The molecule has 0 spiro atoms. The van der Waals surface area contributed by atoms with E-state index in [9.17, 15) is 0 Å². The Labute approximate surface area is 290 Å². The Morgan fingerprint density at radius 1 is 0.260 bits per heavy atom. The molecule has 8 aromatic carbocycles. The molecule has 50 heavy (non-hydrogen) atoms. The molecular weight excluding hydrogens is 605 g/mol. The van der Waals surface area contributed by atoms with Gasteiger partial charge in [0.1, 0.15) is 0 Å². The van der Waals surface area contributed by atoms with Gasteiger partial charge >= 0.3 is 0 Å². The maximum absolute atomic E-state index is 2.48. The molecule has 0 saturated carbocycles. The Kier molecular flexibility index (Phi) is 6.53. The van der Waals surface area contributed by atoms with Crippen LogP contribution >= 0.6 is 0 Å². The second kappa shape index (κ2) is 11.5. The molecule has 0 unspecified atom stereocenters. The van der Waals surface area contributed by atoms with Crippen LogP contribution in [0, 0.1) is 0 Å². The van der Waals surface area contributed by atoms with Gasteiger partial charge in [-0.05, 0) is 75.8 Å². The Bertz CT molecular complexity index is 2840. The highest BCUT2D eigenvalue weighted by Gasteiger charge is 2.21. The van der Waals surface area contributed by atoms with Gasteiger partial charge in [-0.2, -0.15) is 0 Å². The first-order chi connectivity index (χ1) is 24.8. The summed E-state index contributed by atoms with van der Waals surface area (Å²) in [4.78, 5) is 0. The van der Waals surface area contributed by atoms with E-state index in [1.807, 2.05) is 0 Å². The fraction of sp³-hybridized carbons (Fsp3) is 0. The fourth-order valence-corrected chi connectivity index (χ4v) is 7.82. The van der Waals surface area contributed by atoms with Gasteiger partial charge in [-0.25, -0.2) is 0 Å². The lowest BCUT2D eigenvalue weighted by Crippen LogP contribution is -1.96. The summed E-state index contributed by atoms with van der Waals surface area (Å²) in [5, 5.41) is 5.02. The van der Waals surface area contributed by atoms with Crippen LogP contribution in [-0.2, 0) is 0 Å². The van der Waals surface area contributed by atoms with Crippen molar-refractivity contribution >= 4 is 43.6 Å². The van der Waals surface area contributed by atoms with Crippen LogP contribution in [0.25, 0.3) is 88.4 Å². The molecule has 2 nitrogen and oxygen atoms in total. The molecule has 234 valence electrons. The summed E-state index contributed by atoms with van der Waals surface area (Å²) in [6, 6.07) is 70.3. The van der Waals surface area contributed by atoms with Crippen LogP contribution in [0.1, 0.15) is 0 Å². The highest BCUT2D eigenvalue weighted by molar-refractivity contribution is 6.26. The van der Waals surface area contributed by atoms with E-state index in [2.05, 4.69) is 203 Å². The van der Waals surface area contributed by atoms with Gasteiger partial charge < -0.3 is 9.13 Å². The predicted molar refractivity (Wildman–Crippen MR) is 211 cm³/mol. The average molecular weight is 637 g/mol. The zero-order valence-electron chi connectivity index (χ0n) is 27.4. The summed E-state index contributed by atoms with van der Waals surface area (Å²) < 4.78 is 4.91. The molecule has 2 heteroatoms. The molecular formula is C48H32N2. The molecule has 0 amide bonds. The van der Waals surface area contributed by atoms with Gasteiger partial charge in [-0.3, -0.25) is 0 Å². The number of aromatic nitrogens is 2. The van der Waals surface area contributed by atoms with Gasteiger partial charge in [-0.15, -0.1) is 0 Å². The van der Waals surface area contributed by atoms with E-state index in [1.165, 1.54) is 77.0 Å². The number of rotatable bonds is 5. The molecule has 0 N–H and O–H groups in total. The maximum atomic E-state index is 2.48. The number of para-hydroxylation sites is 2. The van der Waals surface area contributed by atoms with Crippen molar-refractivity contribution in [3.63, 3.8) is 0 Å². The molecule has 2 aromatic heterocycles. The average Bonchev–Trinajstić information content (AvgIpc) is 3.72. The molecule has 0 saturated heterocycles. The molecule has 0 aliphatic rings. The van der Waals surface area contributed by atoms with Crippen molar-refractivity contribution in [3.05, 3.63) is 194 Å². The smallest absolute Gasteiger partial charge is 0.0641 e.